The standard InChI is InChI=1S/C18H26ClN/c1-13-3-2-4-15(11-13)17-9-10-20-12-18(17)14-5-7-16(19)8-6-14/h5-8,13,15,17-18,20H,2-4,9-12H2,1H3. The molecule has 1 aromatic rings. The topological polar surface area (TPSA) is 12.0 Å². The minimum absolute atomic E-state index is 0.677. The van der Waals surface area contributed by atoms with Gasteiger partial charge in [0.15, 0.2) is 0 Å². The largest absolute Gasteiger partial charge is 0.316 e. The summed E-state index contributed by atoms with van der Waals surface area (Å²) < 4.78 is 0. The molecule has 1 nitrogen and oxygen atoms in total. The molecule has 0 spiro atoms. The fraction of sp³-hybridized carbons (Fsp3) is 0.667. The normalized spacial score (nSPS) is 34.9. The molecule has 20 heavy (non-hydrogen) atoms. The Kier molecular flexibility index (Phi) is 4.68. The zero-order valence-corrected chi connectivity index (χ0v) is 13.2. The van der Waals surface area contributed by atoms with E-state index in [1.807, 2.05) is 12.1 Å². The highest BCUT2D eigenvalue weighted by Gasteiger charge is 2.34. The van der Waals surface area contributed by atoms with Crippen molar-refractivity contribution in [3.8, 4) is 0 Å². The molecule has 3 rings (SSSR count). The molecule has 1 saturated carbocycles. The Morgan fingerprint density at radius 3 is 2.65 bits per heavy atom. The summed E-state index contributed by atoms with van der Waals surface area (Å²) in [5.74, 6) is 3.40. The van der Waals surface area contributed by atoms with E-state index in [1.165, 1.54) is 44.2 Å². The first-order valence-electron chi connectivity index (χ1n) is 8.20. The van der Waals surface area contributed by atoms with E-state index in [-0.39, 0.29) is 0 Å². The maximum atomic E-state index is 6.04. The van der Waals surface area contributed by atoms with Crippen LogP contribution in [0.2, 0.25) is 5.02 Å². The van der Waals surface area contributed by atoms with Crippen LogP contribution in [0.15, 0.2) is 24.3 Å². The molecule has 1 N–H and O–H groups in total. The number of piperidine rings is 1. The van der Waals surface area contributed by atoms with Crippen LogP contribution in [0.1, 0.15) is 50.5 Å². The maximum absolute atomic E-state index is 6.04. The monoisotopic (exact) mass is 291 g/mol. The van der Waals surface area contributed by atoms with E-state index in [0.29, 0.717) is 5.92 Å². The third kappa shape index (κ3) is 3.20. The van der Waals surface area contributed by atoms with Crippen molar-refractivity contribution in [1.29, 1.82) is 0 Å². The Morgan fingerprint density at radius 2 is 1.90 bits per heavy atom. The van der Waals surface area contributed by atoms with Gasteiger partial charge in [0, 0.05) is 11.6 Å². The number of benzene rings is 1. The molecule has 110 valence electrons. The molecule has 0 radical (unpaired) electrons. The van der Waals surface area contributed by atoms with E-state index in [2.05, 4.69) is 24.4 Å². The van der Waals surface area contributed by atoms with Crippen LogP contribution in [-0.2, 0) is 0 Å². The Bertz CT molecular complexity index is 428. The molecular formula is C18H26ClN. The van der Waals surface area contributed by atoms with Crippen molar-refractivity contribution in [3.05, 3.63) is 34.9 Å². The lowest BCUT2D eigenvalue weighted by molar-refractivity contribution is 0.152. The molecule has 2 fully saturated rings. The summed E-state index contributed by atoms with van der Waals surface area (Å²) in [7, 11) is 0. The van der Waals surface area contributed by atoms with Crippen LogP contribution in [0.25, 0.3) is 0 Å². The van der Waals surface area contributed by atoms with Crippen molar-refractivity contribution in [2.24, 2.45) is 17.8 Å². The lowest BCUT2D eigenvalue weighted by Crippen LogP contribution is -2.39. The van der Waals surface area contributed by atoms with E-state index < -0.39 is 0 Å². The molecule has 4 atom stereocenters. The minimum Gasteiger partial charge on any atom is -0.316 e. The highest BCUT2D eigenvalue weighted by molar-refractivity contribution is 6.30. The molecular weight excluding hydrogens is 266 g/mol. The van der Waals surface area contributed by atoms with E-state index >= 15 is 0 Å². The summed E-state index contributed by atoms with van der Waals surface area (Å²) in [6.07, 6.45) is 7.09. The van der Waals surface area contributed by atoms with Crippen molar-refractivity contribution in [3.63, 3.8) is 0 Å². The molecule has 1 saturated heterocycles. The van der Waals surface area contributed by atoms with Crippen molar-refractivity contribution in [2.45, 2.75) is 44.9 Å². The summed E-state index contributed by atoms with van der Waals surface area (Å²) in [5.41, 5.74) is 1.48. The van der Waals surface area contributed by atoms with Crippen molar-refractivity contribution < 1.29 is 0 Å². The first-order chi connectivity index (χ1) is 9.74. The molecule has 1 aliphatic heterocycles. The van der Waals surface area contributed by atoms with Gasteiger partial charge in [-0.2, -0.15) is 0 Å². The number of halogens is 1. The van der Waals surface area contributed by atoms with Gasteiger partial charge in [0.1, 0.15) is 0 Å². The average molecular weight is 292 g/mol. The van der Waals surface area contributed by atoms with Gasteiger partial charge in [0.05, 0.1) is 0 Å². The molecule has 4 unspecified atom stereocenters. The first-order valence-corrected chi connectivity index (χ1v) is 8.58. The third-order valence-electron chi connectivity index (χ3n) is 5.42. The second kappa shape index (κ2) is 6.49. The van der Waals surface area contributed by atoms with Crippen molar-refractivity contribution >= 4 is 11.6 Å². The molecule has 2 heteroatoms. The van der Waals surface area contributed by atoms with Crippen LogP contribution in [0.3, 0.4) is 0 Å². The quantitative estimate of drug-likeness (QED) is 0.820. The van der Waals surface area contributed by atoms with Gasteiger partial charge in [-0.25, -0.2) is 0 Å². The molecule has 1 aromatic carbocycles. The van der Waals surface area contributed by atoms with Gasteiger partial charge in [-0.05, 0) is 60.8 Å². The van der Waals surface area contributed by atoms with E-state index in [1.54, 1.807) is 0 Å². The van der Waals surface area contributed by atoms with Gasteiger partial charge in [0.2, 0.25) is 0 Å². The van der Waals surface area contributed by atoms with Gasteiger partial charge in [-0.15, -0.1) is 0 Å². The number of nitrogens with one attached hydrogen (secondary N) is 1. The lowest BCUT2D eigenvalue weighted by atomic mass is 9.67. The summed E-state index contributed by atoms with van der Waals surface area (Å²) >= 11 is 6.04. The van der Waals surface area contributed by atoms with E-state index in [4.69, 9.17) is 11.6 Å². The SMILES string of the molecule is CC1CCCC(C2CCNCC2c2ccc(Cl)cc2)C1. The highest BCUT2D eigenvalue weighted by Crippen LogP contribution is 2.42. The number of hydrogen-bond acceptors (Lipinski definition) is 1. The smallest absolute Gasteiger partial charge is 0.0406 e. The van der Waals surface area contributed by atoms with Crippen LogP contribution >= 0.6 is 11.6 Å². The fourth-order valence-electron chi connectivity index (χ4n) is 4.39. The highest BCUT2D eigenvalue weighted by atomic mass is 35.5. The predicted octanol–water partition coefficient (Wildman–Crippen LogP) is 4.86. The van der Waals surface area contributed by atoms with Gasteiger partial charge < -0.3 is 5.32 Å². The average Bonchev–Trinajstić information content (AvgIpc) is 2.48. The summed E-state index contributed by atoms with van der Waals surface area (Å²) in [6.45, 7) is 4.77. The third-order valence-corrected chi connectivity index (χ3v) is 5.67. The number of hydrogen-bond donors (Lipinski definition) is 1. The number of rotatable bonds is 2. The van der Waals surface area contributed by atoms with Gasteiger partial charge >= 0.3 is 0 Å². The van der Waals surface area contributed by atoms with Crippen LogP contribution in [-0.4, -0.2) is 13.1 Å². The maximum Gasteiger partial charge on any atom is 0.0406 e. The minimum atomic E-state index is 0.677. The second-order valence-electron chi connectivity index (χ2n) is 6.85. The van der Waals surface area contributed by atoms with E-state index in [9.17, 15) is 0 Å². The molecule has 0 amide bonds. The van der Waals surface area contributed by atoms with Crippen LogP contribution in [0.4, 0.5) is 0 Å². The van der Waals surface area contributed by atoms with Crippen LogP contribution in [0.5, 0.6) is 0 Å². The molecule has 0 aromatic heterocycles. The lowest BCUT2D eigenvalue weighted by Gasteiger charge is -2.41. The summed E-state index contributed by atoms with van der Waals surface area (Å²) in [4.78, 5) is 0. The molecule has 1 heterocycles. The zero-order valence-electron chi connectivity index (χ0n) is 12.4. The second-order valence-corrected chi connectivity index (χ2v) is 7.28. The molecule has 2 aliphatic rings. The fourth-order valence-corrected chi connectivity index (χ4v) is 4.51. The predicted molar refractivity (Wildman–Crippen MR) is 86.3 cm³/mol. The van der Waals surface area contributed by atoms with Crippen LogP contribution in [0, 0.1) is 17.8 Å². The Morgan fingerprint density at radius 1 is 1.10 bits per heavy atom. The van der Waals surface area contributed by atoms with Gasteiger partial charge in [0.25, 0.3) is 0 Å². The Labute approximate surface area is 128 Å². The molecule has 1 aliphatic carbocycles. The van der Waals surface area contributed by atoms with Crippen molar-refractivity contribution in [2.75, 3.05) is 13.1 Å². The zero-order chi connectivity index (χ0) is 13.9. The first kappa shape index (κ1) is 14.4. The molecule has 0 bridgehead atoms. The van der Waals surface area contributed by atoms with Gasteiger partial charge in [-0.1, -0.05) is 49.9 Å². The Hall–Kier alpha value is -0.530. The Balaban J connectivity index is 1.78. The summed E-state index contributed by atoms with van der Waals surface area (Å²) in [6, 6.07) is 8.57. The van der Waals surface area contributed by atoms with E-state index in [0.717, 1.165) is 29.3 Å². The summed E-state index contributed by atoms with van der Waals surface area (Å²) in [5, 5.41) is 4.44. The van der Waals surface area contributed by atoms with Crippen LogP contribution < -0.4 is 5.32 Å². The van der Waals surface area contributed by atoms with Gasteiger partial charge in [-0.3, -0.25) is 0 Å². The van der Waals surface area contributed by atoms with Crippen molar-refractivity contribution in [1.82, 2.24) is 5.32 Å².